The lowest BCUT2D eigenvalue weighted by Gasteiger charge is -2.10. The molecule has 3 N–H and O–H groups in total. The first-order chi connectivity index (χ1) is 8.90. The van der Waals surface area contributed by atoms with Crippen LogP contribution in [0.1, 0.15) is 10.4 Å². The van der Waals surface area contributed by atoms with Crippen LogP contribution >= 0.6 is 27.3 Å². The summed E-state index contributed by atoms with van der Waals surface area (Å²) in [5, 5.41) is 1.91. The summed E-state index contributed by atoms with van der Waals surface area (Å²) in [6.07, 6.45) is 0. The van der Waals surface area contributed by atoms with Crippen LogP contribution in [0.5, 0.6) is 0 Å². The summed E-state index contributed by atoms with van der Waals surface area (Å²) < 4.78 is 27.7. The van der Waals surface area contributed by atoms with Gasteiger partial charge in [-0.15, -0.1) is 11.3 Å². The minimum absolute atomic E-state index is 0.213. The molecule has 0 saturated carbocycles. The number of rotatable bonds is 4. The van der Waals surface area contributed by atoms with Crippen molar-refractivity contribution in [2.75, 3.05) is 5.73 Å². The summed E-state index contributed by atoms with van der Waals surface area (Å²) in [6, 6.07) is 6.94. The summed E-state index contributed by atoms with van der Waals surface area (Å²) in [6.45, 7) is 2.03. The van der Waals surface area contributed by atoms with E-state index in [2.05, 4.69) is 20.7 Å². The minimum atomic E-state index is -3.55. The van der Waals surface area contributed by atoms with Crippen LogP contribution in [0.2, 0.25) is 0 Å². The number of hydrogen-bond acceptors (Lipinski definition) is 4. The van der Waals surface area contributed by atoms with Crippen LogP contribution in [0.15, 0.2) is 39.0 Å². The molecule has 0 saturated heterocycles. The van der Waals surface area contributed by atoms with Gasteiger partial charge < -0.3 is 5.73 Å². The highest BCUT2D eigenvalue weighted by Crippen LogP contribution is 2.26. The van der Waals surface area contributed by atoms with E-state index in [1.807, 2.05) is 17.5 Å². The Morgan fingerprint density at radius 3 is 2.79 bits per heavy atom. The highest BCUT2D eigenvalue weighted by molar-refractivity contribution is 9.10. The van der Waals surface area contributed by atoms with Crippen LogP contribution < -0.4 is 10.5 Å². The molecule has 0 atom stereocenters. The number of nitrogens with one attached hydrogen (secondary N) is 1. The SMILES string of the molecule is Cc1cc(Br)c(N)cc1S(=O)(=O)NCc1cccs1. The minimum Gasteiger partial charge on any atom is -0.398 e. The number of nitrogen functional groups attached to an aromatic ring is 1. The molecule has 0 radical (unpaired) electrons. The Kier molecular flexibility index (Phi) is 4.29. The Bertz CT molecular complexity index is 682. The second-order valence-electron chi connectivity index (χ2n) is 4.04. The first kappa shape index (κ1) is 14.5. The molecule has 0 spiro atoms. The van der Waals surface area contributed by atoms with Crippen LogP contribution in [0, 0.1) is 6.92 Å². The summed E-state index contributed by atoms with van der Waals surface area (Å²) in [7, 11) is -3.55. The topological polar surface area (TPSA) is 72.2 Å². The van der Waals surface area contributed by atoms with Crippen molar-refractivity contribution in [3.8, 4) is 0 Å². The monoisotopic (exact) mass is 360 g/mol. The third kappa shape index (κ3) is 3.36. The maximum Gasteiger partial charge on any atom is 0.241 e. The lowest BCUT2D eigenvalue weighted by molar-refractivity contribution is 0.581. The van der Waals surface area contributed by atoms with E-state index in [-0.39, 0.29) is 11.4 Å². The third-order valence-corrected chi connectivity index (χ3v) is 5.71. The van der Waals surface area contributed by atoms with E-state index in [4.69, 9.17) is 5.73 Å². The van der Waals surface area contributed by atoms with Crippen molar-refractivity contribution in [2.45, 2.75) is 18.4 Å². The van der Waals surface area contributed by atoms with Crippen LogP contribution in [0.3, 0.4) is 0 Å². The summed E-state index contributed by atoms with van der Waals surface area (Å²) >= 11 is 4.79. The molecule has 4 nitrogen and oxygen atoms in total. The van der Waals surface area contributed by atoms with Gasteiger partial charge in [0, 0.05) is 21.6 Å². The van der Waals surface area contributed by atoms with Gasteiger partial charge in [0.05, 0.1) is 4.90 Å². The number of hydrogen-bond donors (Lipinski definition) is 2. The first-order valence-corrected chi connectivity index (χ1v) is 8.63. The molecule has 0 aliphatic rings. The van der Waals surface area contributed by atoms with Gasteiger partial charge >= 0.3 is 0 Å². The van der Waals surface area contributed by atoms with E-state index >= 15 is 0 Å². The van der Waals surface area contributed by atoms with E-state index in [1.165, 1.54) is 17.4 Å². The average molecular weight is 361 g/mol. The maximum atomic E-state index is 12.2. The smallest absolute Gasteiger partial charge is 0.241 e. The molecule has 19 heavy (non-hydrogen) atoms. The zero-order valence-electron chi connectivity index (χ0n) is 10.2. The van der Waals surface area contributed by atoms with E-state index in [9.17, 15) is 8.42 Å². The van der Waals surface area contributed by atoms with Gasteiger partial charge in [-0.05, 0) is 52.0 Å². The fourth-order valence-electron chi connectivity index (χ4n) is 1.62. The predicted molar refractivity (Wildman–Crippen MR) is 81.6 cm³/mol. The molecule has 102 valence electrons. The molecule has 1 heterocycles. The van der Waals surface area contributed by atoms with Crippen molar-refractivity contribution in [1.82, 2.24) is 4.72 Å². The molecule has 0 fully saturated rings. The molecule has 1 aromatic carbocycles. The second-order valence-corrected chi connectivity index (χ2v) is 7.67. The Morgan fingerprint density at radius 2 is 2.16 bits per heavy atom. The highest BCUT2D eigenvalue weighted by atomic mass is 79.9. The lowest BCUT2D eigenvalue weighted by Crippen LogP contribution is -2.23. The number of anilines is 1. The van der Waals surface area contributed by atoms with Gasteiger partial charge in [-0.25, -0.2) is 13.1 Å². The third-order valence-electron chi connectivity index (χ3n) is 2.60. The fraction of sp³-hybridized carbons (Fsp3) is 0.167. The Morgan fingerprint density at radius 1 is 1.42 bits per heavy atom. The summed E-state index contributed by atoms with van der Waals surface area (Å²) in [5.74, 6) is 0. The number of sulfonamides is 1. The Balaban J connectivity index is 2.27. The molecule has 0 unspecified atom stereocenters. The van der Waals surface area contributed by atoms with Crippen LogP contribution in [0.4, 0.5) is 5.69 Å². The van der Waals surface area contributed by atoms with Crippen molar-refractivity contribution >= 4 is 43.0 Å². The normalized spacial score (nSPS) is 11.7. The number of halogens is 1. The fourth-order valence-corrected chi connectivity index (χ4v) is 4.07. The van der Waals surface area contributed by atoms with E-state index in [0.717, 1.165) is 4.88 Å². The zero-order valence-corrected chi connectivity index (χ0v) is 13.4. The molecule has 7 heteroatoms. The summed E-state index contributed by atoms with van der Waals surface area (Å²) in [5.41, 5.74) is 6.80. The maximum absolute atomic E-state index is 12.2. The largest absolute Gasteiger partial charge is 0.398 e. The quantitative estimate of drug-likeness (QED) is 0.823. The van der Waals surface area contributed by atoms with E-state index in [0.29, 0.717) is 15.7 Å². The van der Waals surface area contributed by atoms with Crippen molar-refractivity contribution in [3.63, 3.8) is 0 Å². The lowest BCUT2D eigenvalue weighted by atomic mass is 10.2. The van der Waals surface area contributed by atoms with E-state index < -0.39 is 10.0 Å². The molecule has 2 aromatic rings. The highest BCUT2D eigenvalue weighted by Gasteiger charge is 2.18. The molecule has 0 bridgehead atoms. The molecule has 1 aromatic heterocycles. The van der Waals surface area contributed by atoms with Gasteiger partial charge in [0.15, 0.2) is 0 Å². The van der Waals surface area contributed by atoms with E-state index in [1.54, 1.807) is 13.0 Å². The first-order valence-electron chi connectivity index (χ1n) is 5.48. The molecule has 0 aliphatic heterocycles. The predicted octanol–water partition coefficient (Wildman–Crippen LogP) is 2.88. The van der Waals surface area contributed by atoms with Crippen molar-refractivity contribution < 1.29 is 8.42 Å². The number of nitrogens with two attached hydrogens (primary N) is 1. The number of thiophene rings is 1. The van der Waals surface area contributed by atoms with Crippen molar-refractivity contribution in [1.29, 1.82) is 0 Å². The van der Waals surface area contributed by atoms with Gasteiger partial charge in [-0.1, -0.05) is 6.07 Å². The van der Waals surface area contributed by atoms with Gasteiger partial charge in [0.2, 0.25) is 10.0 Å². The molecular formula is C12H13BrN2O2S2. The second kappa shape index (κ2) is 5.62. The molecule has 0 amide bonds. The van der Waals surface area contributed by atoms with Gasteiger partial charge in [0.25, 0.3) is 0 Å². The van der Waals surface area contributed by atoms with Crippen LogP contribution in [-0.4, -0.2) is 8.42 Å². The molecular weight excluding hydrogens is 348 g/mol. The van der Waals surface area contributed by atoms with Crippen molar-refractivity contribution in [3.05, 3.63) is 44.6 Å². The van der Waals surface area contributed by atoms with Gasteiger partial charge in [-0.3, -0.25) is 0 Å². The standard InChI is InChI=1S/C12H13BrN2O2S2/c1-8-5-10(13)11(14)6-12(8)19(16,17)15-7-9-3-2-4-18-9/h2-6,15H,7,14H2,1H3. The van der Waals surface area contributed by atoms with Crippen LogP contribution in [-0.2, 0) is 16.6 Å². The van der Waals surface area contributed by atoms with Crippen molar-refractivity contribution in [2.24, 2.45) is 0 Å². The van der Waals surface area contributed by atoms with Crippen LogP contribution in [0.25, 0.3) is 0 Å². The number of aryl methyl sites for hydroxylation is 1. The average Bonchev–Trinajstić information content (AvgIpc) is 2.84. The van der Waals surface area contributed by atoms with Gasteiger partial charge in [0.1, 0.15) is 0 Å². The zero-order chi connectivity index (χ0) is 14.0. The molecule has 2 rings (SSSR count). The van der Waals surface area contributed by atoms with Gasteiger partial charge in [-0.2, -0.15) is 0 Å². The molecule has 0 aliphatic carbocycles. The number of benzene rings is 1. The Labute approximate surface area is 124 Å². The summed E-state index contributed by atoms with van der Waals surface area (Å²) in [4.78, 5) is 1.18. The Hall–Kier alpha value is -0.890.